The van der Waals surface area contributed by atoms with Crippen molar-refractivity contribution in [1.29, 1.82) is 0 Å². The fourth-order valence-corrected chi connectivity index (χ4v) is 3.52. The molecule has 1 aliphatic carbocycles. The molecular weight excluding hydrogens is 260 g/mol. The number of carbonyl (C=O) groups excluding carboxylic acids is 1. The molecule has 0 saturated heterocycles. The Bertz CT molecular complexity index is 812. The third kappa shape index (κ3) is 1.82. The van der Waals surface area contributed by atoms with Crippen LogP contribution in [-0.4, -0.2) is 5.78 Å². The van der Waals surface area contributed by atoms with Crippen LogP contribution in [0.1, 0.15) is 36.0 Å². The number of rotatable bonds is 0. The van der Waals surface area contributed by atoms with Crippen molar-refractivity contribution in [2.75, 3.05) is 0 Å². The minimum absolute atomic E-state index is 0.268. The van der Waals surface area contributed by atoms with E-state index in [1.165, 1.54) is 27.5 Å². The largest absolute Gasteiger partial charge is 0.461 e. The summed E-state index contributed by atoms with van der Waals surface area (Å²) in [6.07, 6.45) is 3.20. The molecule has 0 amide bonds. The van der Waals surface area contributed by atoms with Crippen molar-refractivity contribution in [3.05, 3.63) is 52.3 Å². The van der Waals surface area contributed by atoms with Gasteiger partial charge in [-0.05, 0) is 48.2 Å². The van der Waals surface area contributed by atoms with E-state index >= 15 is 0 Å². The molecule has 2 nitrogen and oxygen atoms in total. The quantitative estimate of drug-likeness (QED) is 0.714. The topological polar surface area (TPSA) is 26.3 Å². The van der Waals surface area contributed by atoms with Crippen molar-refractivity contribution in [3.8, 4) is 5.75 Å². The van der Waals surface area contributed by atoms with Crippen molar-refractivity contribution in [2.45, 2.75) is 39.5 Å². The Morgan fingerprint density at radius 2 is 1.86 bits per heavy atom. The predicted octanol–water partition coefficient (Wildman–Crippen LogP) is 4.40. The van der Waals surface area contributed by atoms with E-state index in [0.717, 1.165) is 36.3 Å². The van der Waals surface area contributed by atoms with Gasteiger partial charge in [-0.1, -0.05) is 18.2 Å². The summed E-state index contributed by atoms with van der Waals surface area (Å²) in [5.41, 5.74) is 4.66. The van der Waals surface area contributed by atoms with Gasteiger partial charge in [-0.2, -0.15) is 0 Å². The van der Waals surface area contributed by atoms with E-state index in [-0.39, 0.29) is 5.78 Å². The summed E-state index contributed by atoms with van der Waals surface area (Å²) in [5, 5.41) is 2.49. The Kier molecular flexibility index (Phi) is 2.68. The number of benzene rings is 2. The monoisotopic (exact) mass is 278 g/mol. The molecule has 4 rings (SSSR count). The van der Waals surface area contributed by atoms with Crippen molar-refractivity contribution < 1.29 is 9.53 Å². The first kappa shape index (κ1) is 12.6. The van der Waals surface area contributed by atoms with E-state index in [1.54, 1.807) is 0 Å². The number of fused-ring (bicyclic) bond motifs is 3. The van der Waals surface area contributed by atoms with Crippen molar-refractivity contribution in [3.63, 3.8) is 0 Å². The zero-order chi connectivity index (χ0) is 14.6. The lowest BCUT2D eigenvalue weighted by molar-refractivity contribution is -0.116. The Morgan fingerprint density at radius 3 is 2.71 bits per heavy atom. The molecule has 0 unspecified atom stereocenters. The summed E-state index contributed by atoms with van der Waals surface area (Å²) in [4.78, 5) is 12.2. The standard InChI is InChI=1S/C19H18O2/c1-11-6-7-13-8-9-18-15(19(13)12(11)2)10-14-16(20)4-3-5-17(14)21-18/h6-9H,3-5,10H2,1-2H3. The van der Waals surface area contributed by atoms with Gasteiger partial charge < -0.3 is 4.74 Å². The molecule has 0 bridgehead atoms. The van der Waals surface area contributed by atoms with Crippen molar-refractivity contribution in [2.24, 2.45) is 0 Å². The fourth-order valence-electron chi connectivity index (χ4n) is 3.52. The van der Waals surface area contributed by atoms with Crippen LogP contribution in [0.15, 0.2) is 35.6 Å². The number of hydrogen-bond acceptors (Lipinski definition) is 2. The second-order valence-electron chi connectivity index (χ2n) is 6.11. The van der Waals surface area contributed by atoms with Crippen LogP contribution in [0.4, 0.5) is 0 Å². The van der Waals surface area contributed by atoms with Gasteiger partial charge >= 0.3 is 0 Å². The van der Waals surface area contributed by atoms with Gasteiger partial charge in [0.2, 0.25) is 0 Å². The molecule has 2 aromatic rings. The average Bonchev–Trinajstić information content (AvgIpc) is 2.49. The summed E-state index contributed by atoms with van der Waals surface area (Å²) in [5.74, 6) is 2.11. The molecule has 2 heteroatoms. The van der Waals surface area contributed by atoms with Crippen molar-refractivity contribution in [1.82, 2.24) is 0 Å². The van der Waals surface area contributed by atoms with Gasteiger partial charge in [-0.25, -0.2) is 0 Å². The highest BCUT2D eigenvalue weighted by Gasteiger charge is 2.28. The predicted molar refractivity (Wildman–Crippen MR) is 83.6 cm³/mol. The van der Waals surface area contributed by atoms with Gasteiger partial charge in [0, 0.05) is 30.4 Å². The highest BCUT2D eigenvalue weighted by Crippen LogP contribution is 2.40. The first-order valence-corrected chi connectivity index (χ1v) is 7.60. The minimum Gasteiger partial charge on any atom is -0.461 e. The molecule has 0 spiro atoms. The number of Topliss-reactive ketones (excluding diaryl/α,β-unsaturated/α-hetero) is 1. The summed E-state index contributed by atoms with van der Waals surface area (Å²) in [6, 6.07) is 8.49. The summed E-state index contributed by atoms with van der Waals surface area (Å²) in [7, 11) is 0. The second-order valence-corrected chi connectivity index (χ2v) is 6.11. The third-order valence-corrected chi connectivity index (χ3v) is 4.85. The zero-order valence-electron chi connectivity index (χ0n) is 12.5. The molecule has 2 aromatic carbocycles. The van der Waals surface area contributed by atoms with Crippen LogP contribution in [0.3, 0.4) is 0 Å². The molecule has 1 heterocycles. The van der Waals surface area contributed by atoms with Gasteiger partial charge in [0.1, 0.15) is 11.5 Å². The Hall–Kier alpha value is -2.09. The Morgan fingerprint density at radius 1 is 1.05 bits per heavy atom. The lowest BCUT2D eigenvalue weighted by atomic mass is 9.86. The van der Waals surface area contributed by atoms with Gasteiger partial charge in [-0.3, -0.25) is 4.79 Å². The fraction of sp³-hybridized carbons (Fsp3) is 0.316. The van der Waals surface area contributed by atoms with Crippen LogP contribution in [-0.2, 0) is 11.2 Å². The molecule has 106 valence electrons. The summed E-state index contributed by atoms with van der Waals surface area (Å²) >= 11 is 0. The number of allylic oxidation sites excluding steroid dienone is 2. The number of hydrogen-bond donors (Lipinski definition) is 0. The highest BCUT2D eigenvalue weighted by molar-refractivity contribution is 6.00. The lowest BCUT2D eigenvalue weighted by Crippen LogP contribution is -2.21. The number of ketones is 1. The van der Waals surface area contributed by atoms with Gasteiger partial charge in [0.25, 0.3) is 0 Å². The minimum atomic E-state index is 0.268. The van der Waals surface area contributed by atoms with Gasteiger partial charge in [0.05, 0.1) is 0 Å². The lowest BCUT2D eigenvalue weighted by Gasteiger charge is -2.27. The van der Waals surface area contributed by atoms with E-state index < -0.39 is 0 Å². The van der Waals surface area contributed by atoms with Crippen molar-refractivity contribution >= 4 is 16.6 Å². The highest BCUT2D eigenvalue weighted by atomic mass is 16.5. The average molecular weight is 278 g/mol. The molecule has 0 radical (unpaired) electrons. The summed E-state index contributed by atoms with van der Waals surface area (Å²) < 4.78 is 6.07. The van der Waals surface area contributed by atoms with E-state index in [1.807, 2.05) is 0 Å². The SMILES string of the molecule is Cc1ccc2ccc3c(c2c1C)CC1=C(CCCC1=O)O3. The van der Waals surface area contributed by atoms with Crippen LogP contribution >= 0.6 is 0 Å². The van der Waals surface area contributed by atoms with Crippen LogP contribution < -0.4 is 4.74 Å². The van der Waals surface area contributed by atoms with E-state index in [9.17, 15) is 4.79 Å². The number of ether oxygens (including phenoxy) is 1. The molecule has 0 N–H and O–H groups in total. The maximum Gasteiger partial charge on any atom is 0.162 e. The number of carbonyl (C=O) groups is 1. The molecule has 21 heavy (non-hydrogen) atoms. The molecule has 0 aromatic heterocycles. The molecule has 2 aliphatic rings. The van der Waals surface area contributed by atoms with Crippen LogP contribution in [0, 0.1) is 13.8 Å². The first-order chi connectivity index (χ1) is 10.1. The Balaban J connectivity index is 1.96. The Labute approximate surface area is 124 Å². The van der Waals surface area contributed by atoms with E-state index in [0.29, 0.717) is 6.42 Å². The van der Waals surface area contributed by atoms with Gasteiger partial charge in [-0.15, -0.1) is 0 Å². The van der Waals surface area contributed by atoms with Crippen LogP contribution in [0.25, 0.3) is 10.8 Å². The maximum atomic E-state index is 12.2. The van der Waals surface area contributed by atoms with E-state index in [2.05, 4.69) is 38.1 Å². The smallest absolute Gasteiger partial charge is 0.162 e. The first-order valence-electron chi connectivity index (χ1n) is 7.60. The maximum absolute atomic E-state index is 12.2. The van der Waals surface area contributed by atoms with Gasteiger partial charge in [0.15, 0.2) is 5.78 Å². The summed E-state index contributed by atoms with van der Waals surface area (Å²) in [6.45, 7) is 4.29. The number of aryl methyl sites for hydroxylation is 2. The van der Waals surface area contributed by atoms with Crippen LogP contribution in [0.5, 0.6) is 5.75 Å². The van der Waals surface area contributed by atoms with Crippen LogP contribution in [0.2, 0.25) is 0 Å². The zero-order valence-corrected chi connectivity index (χ0v) is 12.5. The third-order valence-electron chi connectivity index (χ3n) is 4.85. The van der Waals surface area contributed by atoms with E-state index in [4.69, 9.17) is 4.74 Å². The second kappa shape index (κ2) is 4.45. The molecular formula is C19H18O2. The molecule has 0 fully saturated rings. The normalized spacial score (nSPS) is 17.5. The molecule has 1 aliphatic heterocycles. The molecule has 0 atom stereocenters. The molecule has 0 saturated carbocycles.